The minimum Gasteiger partial charge on any atom is -0.126 e. The summed E-state index contributed by atoms with van der Waals surface area (Å²) in [6.07, 6.45) is 1.22. The lowest BCUT2D eigenvalue weighted by Gasteiger charge is -2.00. The van der Waals surface area contributed by atoms with Gasteiger partial charge in [0.15, 0.2) is 0 Å². The van der Waals surface area contributed by atoms with E-state index < -0.39 is 0 Å². The lowest BCUT2D eigenvalue weighted by atomic mass is 10.2. The van der Waals surface area contributed by atoms with E-state index in [2.05, 4.69) is 31.2 Å². The molecule has 0 saturated heterocycles. The van der Waals surface area contributed by atoms with E-state index in [9.17, 15) is 0 Å². The molecule has 0 fully saturated rings. The lowest BCUT2D eigenvalue weighted by Crippen LogP contribution is -1.78. The predicted molar refractivity (Wildman–Crippen MR) is 57.0 cm³/mol. The summed E-state index contributed by atoms with van der Waals surface area (Å²) in [4.78, 5) is 1.34. The molecule has 0 unspecified atom stereocenters. The SMILES string of the molecule is CCCSc1ccc(CCl)cc1. The van der Waals surface area contributed by atoms with Crippen molar-refractivity contribution >= 4 is 23.4 Å². The van der Waals surface area contributed by atoms with Gasteiger partial charge >= 0.3 is 0 Å². The topological polar surface area (TPSA) is 0 Å². The van der Waals surface area contributed by atoms with Crippen LogP contribution in [-0.2, 0) is 5.88 Å². The zero-order chi connectivity index (χ0) is 8.81. The van der Waals surface area contributed by atoms with Gasteiger partial charge in [-0.15, -0.1) is 23.4 Å². The fraction of sp³-hybridized carbons (Fsp3) is 0.400. The van der Waals surface area contributed by atoms with Crippen molar-refractivity contribution in [1.29, 1.82) is 0 Å². The van der Waals surface area contributed by atoms with Crippen molar-refractivity contribution in [3.63, 3.8) is 0 Å². The quantitative estimate of drug-likeness (QED) is 0.524. The van der Waals surface area contributed by atoms with Crippen molar-refractivity contribution in [3.8, 4) is 0 Å². The molecule has 0 aliphatic heterocycles. The minimum atomic E-state index is 0.610. The molecular weight excluding hydrogens is 188 g/mol. The van der Waals surface area contributed by atoms with Crippen molar-refractivity contribution in [2.45, 2.75) is 24.1 Å². The largest absolute Gasteiger partial charge is 0.126 e. The first kappa shape index (κ1) is 9.94. The summed E-state index contributed by atoms with van der Waals surface area (Å²) >= 11 is 7.57. The van der Waals surface area contributed by atoms with Crippen LogP contribution in [0.2, 0.25) is 0 Å². The third-order valence-electron chi connectivity index (χ3n) is 1.55. The van der Waals surface area contributed by atoms with Crippen LogP contribution in [0, 0.1) is 0 Å². The van der Waals surface area contributed by atoms with Crippen LogP contribution in [0.3, 0.4) is 0 Å². The van der Waals surface area contributed by atoms with Gasteiger partial charge in [0.25, 0.3) is 0 Å². The van der Waals surface area contributed by atoms with E-state index >= 15 is 0 Å². The zero-order valence-electron chi connectivity index (χ0n) is 7.22. The molecule has 0 saturated carbocycles. The molecule has 0 spiro atoms. The van der Waals surface area contributed by atoms with Gasteiger partial charge in [-0.1, -0.05) is 19.1 Å². The van der Waals surface area contributed by atoms with Crippen molar-refractivity contribution in [2.75, 3.05) is 5.75 Å². The minimum absolute atomic E-state index is 0.610. The average molecular weight is 201 g/mol. The van der Waals surface area contributed by atoms with E-state index in [1.807, 2.05) is 11.8 Å². The normalized spacial score (nSPS) is 10.2. The van der Waals surface area contributed by atoms with Gasteiger partial charge in [-0.2, -0.15) is 0 Å². The van der Waals surface area contributed by atoms with Crippen LogP contribution >= 0.6 is 23.4 Å². The van der Waals surface area contributed by atoms with Gasteiger partial charge in [-0.25, -0.2) is 0 Å². The van der Waals surface area contributed by atoms with Gasteiger partial charge in [0.2, 0.25) is 0 Å². The first-order valence-electron chi connectivity index (χ1n) is 4.14. The third kappa shape index (κ3) is 3.08. The molecule has 0 bridgehead atoms. The Kier molecular flexibility index (Phi) is 4.55. The molecule has 0 N–H and O–H groups in total. The fourth-order valence-electron chi connectivity index (χ4n) is 0.895. The van der Waals surface area contributed by atoms with Crippen LogP contribution in [0.5, 0.6) is 0 Å². The van der Waals surface area contributed by atoms with Gasteiger partial charge < -0.3 is 0 Å². The first-order valence-corrected chi connectivity index (χ1v) is 5.66. The fourth-order valence-corrected chi connectivity index (χ4v) is 1.84. The Bertz CT molecular complexity index is 218. The summed E-state index contributed by atoms with van der Waals surface area (Å²) < 4.78 is 0. The Hall–Kier alpha value is -0.140. The second kappa shape index (κ2) is 5.50. The number of halogens is 1. The second-order valence-electron chi connectivity index (χ2n) is 2.63. The molecule has 2 heteroatoms. The van der Waals surface area contributed by atoms with Crippen LogP contribution in [0.1, 0.15) is 18.9 Å². The maximum absolute atomic E-state index is 5.68. The molecule has 0 radical (unpaired) electrons. The van der Waals surface area contributed by atoms with Crippen molar-refractivity contribution in [1.82, 2.24) is 0 Å². The monoisotopic (exact) mass is 200 g/mol. The summed E-state index contributed by atoms with van der Waals surface area (Å²) in [7, 11) is 0. The summed E-state index contributed by atoms with van der Waals surface area (Å²) in [6.45, 7) is 2.19. The highest BCUT2D eigenvalue weighted by Gasteiger charge is 1.92. The highest BCUT2D eigenvalue weighted by atomic mass is 35.5. The summed E-state index contributed by atoms with van der Waals surface area (Å²) in [6, 6.07) is 8.45. The molecule has 1 aromatic rings. The molecule has 0 aliphatic carbocycles. The summed E-state index contributed by atoms with van der Waals surface area (Å²) in [5.74, 6) is 1.80. The van der Waals surface area contributed by atoms with Crippen molar-refractivity contribution in [3.05, 3.63) is 29.8 Å². The van der Waals surface area contributed by atoms with E-state index in [-0.39, 0.29) is 0 Å². The standard InChI is InChI=1S/C10H13ClS/c1-2-7-12-10-5-3-9(8-11)4-6-10/h3-6H,2,7-8H2,1H3. The van der Waals surface area contributed by atoms with Gasteiger partial charge in [0.05, 0.1) is 0 Å². The van der Waals surface area contributed by atoms with E-state index in [4.69, 9.17) is 11.6 Å². The number of benzene rings is 1. The highest BCUT2D eigenvalue weighted by molar-refractivity contribution is 7.99. The van der Waals surface area contributed by atoms with Crippen LogP contribution in [-0.4, -0.2) is 5.75 Å². The Morgan fingerprint density at radius 2 is 1.92 bits per heavy atom. The number of rotatable bonds is 4. The van der Waals surface area contributed by atoms with E-state index in [1.165, 1.54) is 22.6 Å². The molecule has 66 valence electrons. The Labute approximate surface area is 83.3 Å². The van der Waals surface area contributed by atoms with Gasteiger partial charge in [0, 0.05) is 10.8 Å². The Morgan fingerprint density at radius 1 is 1.25 bits per heavy atom. The Morgan fingerprint density at radius 3 is 2.42 bits per heavy atom. The van der Waals surface area contributed by atoms with E-state index in [0.717, 1.165) is 0 Å². The molecule has 1 rings (SSSR count). The molecule has 0 aliphatic rings. The molecule has 1 aromatic carbocycles. The van der Waals surface area contributed by atoms with E-state index in [0.29, 0.717) is 5.88 Å². The van der Waals surface area contributed by atoms with Gasteiger partial charge in [-0.3, -0.25) is 0 Å². The first-order chi connectivity index (χ1) is 5.86. The number of hydrogen-bond acceptors (Lipinski definition) is 1. The predicted octanol–water partition coefficient (Wildman–Crippen LogP) is 3.93. The smallest absolute Gasteiger partial charge is 0.0474 e. The zero-order valence-corrected chi connectivity index (χ0v) is 8.79. The molecule has 12 heavy (non-hydrogen) atoms. The molecule has 0 atom stereocenters. The maximum atomic E-state index is 5.68. The number of thioether (sulfide) groups is 1. The molecule has 0 nitrogen and oxygen atoms in total. The summed E-state index contributed by atoms with van der Waals surface area (Å²) in [5, 5.41) is 0. The molecular formula is C10H13ClS. The van der Waals surface area contributed by atoms with Gasteiger partial charge in [-0.05, 0) is 29.9 Å². The van der Waals surface area contributed by atoms with E-state index in [1.54, 1.807) is 0 Å². The molecule has 0 amide bonds. The number of hydrogen-bond donors (Lipinski definition) is 0. The summed E-state index contributed by atoms with van der Waals surface area (Å²) in [5.41, 5.74) is 1.19. The molecule has 0 aromatic heterocycles. The van der Waals surface area contributed by atoms with Crippen LogP contribution in [0.25, 0.3) is 0 Å². The maximum Gasteiger partial charge on any atom is 0.0474 e. The lowest BCUT2D eigenvalue weighted by molar-refractivity contribution is 1.10. The second-order valence-corrected chi connectivity index (χ2v) is 4.06. The number of alkyl halides is 1. The third-order valence-corrected chi connectivity index (χ3v) is 3.08. The highest BCUT2D eigenvalue weighted by Crippen LogP contribution is 2.19. The Balaban J connectivity index is 2.53. The van der Waals surface area contributed by atoms with Crippen LogP contribution < -0.4 is 0 Å². The van der Waals surface area contributed by atoms with Gasteiger partial charge in [0.1, 0.15) is 0 Å². The molecule has 0 heterocycles. The van der Waals surface area contributed by atoms with Crippen molar-refractivity contribution < 1.29 is 0 Å². The average Bonchev–Trinajstić information content (AvgIpc) is 2.15. The van der Waals surface area contributed by atoms with Crippen LogP contribution in [0.15, 0.2) is 29.2 Å². The van der Waals surface area contributed by atoms with Crippen LogP contribution in [0.4, 0.5) is 0 Å². The van der Waals surface area contributed by atoms with Crippen molar-refractivity contribution in [2.24, 2.45) is 0 Å².